The minimum absolute atomic E-state index is 0.0836. The Balaban J connectivity index is 1.94. The molecule has 3 aromatic rings. The largest absolute Gasteiger partial charge is 0.464 e. The van der Waals surface area contributed by atoms with Crippen molar-refractivity contribution in [1.82, 2.24) is 24.8 Å². The van der Waals surface area contributed by atoms with E-state index in [0.717, 1.165) is 10.0 Å². The van der Waals surface area contributed by atoms with Crippen LogP contribution in [0.4, 0.5) is 10.5 Å². The Morgan fingerprint density at radius 3 is 2.42 bits per heavy atom. The number of Topliss-reactive ketones (excluding diaryl/α,β-unsaturated/α-hetero) is 1. The van der Waals surface area contributed by atoms with Crippen molar-refractivity contribution in [3.8, 4) is 5.82 Å². The van der Waals surface area contributed by atoms with Gasteiger partial charge in [-0.1, -0.05) is 27.5 Å². The molecule has 2 amide bonds. The monoisotopic (exact) mass is 704 g/mol. The molecule has 0 spiro atoms. The highest BCUT2D eigenvalue weighted by Gasteiger charge is 2.28. The zero-order valence-electron chi connectivity index (χ0n) is 19.0. The molecular weight excluding hydrogens is 687 g/mol. The summed E-state index contributed by atoms with van der Waals surface area (Å²) in [5.41, 5.74) is 0.722. The molecule has 0 atom stereocenters. The van der Waals surface area contributed by atoms with E-state index in [4.69, 9.17) is 11.6 Å². The molecule has 10 nitrogen and oxygen atoms in total. The first-order valence-electron chi connectivity index (χ1n) is 10.5. The minimum atomic E-state index is -1.25. The maximum Gasteiger partial charge on any atom is 0.426 e. The number of anilines is 1. The number of amides is 2. The topological polar surface area (TPSA) is 121 Å². The fraction of sp³-hybridized carbons (Fsp3) is 0.227. The van der Waals surface area contributed by atoms with Crippen LogP contribution in [0.2, 0.25) is 5.02 Å². The normalized spacial score (nSPS) is 10.7. The number of benzene rings is 1. The number of ketones is 1. The smallest absolute Gasteiger partial charge is 0.426 e. The van der Waals surface area contributed by atoms with Crippen molar-refractivity contribution < 1.29 is 19.5 Å². The average Bonchev–Trinajstić information content (AvgIpc) is 3.22. The number of carbonyl (C=O) groups excluding carboxylic acids is 2. The number of rotatable bonds is 8. The average molecular weight is 708 g/mol. The molecule has 0 radical (unpaired) electrons. The van der Waals surface area contributed by atoms with Crippen molar-refractivity contribution >= 4 is 82.9 Å². The van der Waals surface area contributed by atoms with Crippen LogP contribution in [0.3, 0.4) is 0 Å². The van der Waals surface area contributed by atoms with Crippen LogP contribution in [0.5, 0.6) is 0 Å². The van der Waals surface area contributed by atoms with E-state index >= 15 is 0 Å². The number of hydrogen-bond acceptors (Lipinski definition) is 6. The van der Waals surface area contributed by atoms with Crippen LogP contribution in [0.15, 0.2) is 50.1 Å². The summed E-state index contributed by atoms with van der Waals surface area (Å²) in [6.45, 7) is 3.31. The summed E-state index contributed by atoms with van der Waals surface area (Å²) in [5.74, 6) is -0.608. The number of pyridine rings is 1. The predicted molar refractivity (Wildman–Crippen MR) is 146 cm³/mol. The van der Waals surface area contributed by atoms with Gasteiger partial charge in [-0.2, -0.15) is 5.10 Å². The maximum absolute atomic E-state index is 13.4. The third-order valence-corrected chi connectivity index (χ3v) is 6.73. The van der Waals surface area contributed by atoms with E-state index in [-0.39, 0.29) is 36.7 Å². The summed E-state index contributed by atoms with van der Waals surface area (Å²) in [4.78, 5) is 42.5. The zero-order chi connectivity index (χ0) is 26.6. The van der Waals surface area contributed by atoms with E-state index in [1.54, 1.807) is 44.2 Å². The lowest BCUT2D eigenvalue weighted by Crippen LogP contribution is -2.49. The molecular formula is C22H20Br3ClN6O4. The second-order valence-corrected chi connectivity index (χ2v) is 10.2. The third-order valence-electron chi connectivity index (χ3n) is 4.96. The van der Waals surface area contributed by atoms with Gasteiger partial charge in [0, 0.05) is 34.3 Å². The van der Waals surface area contributed by atoms with E-state index < -0.39 is 12.0 Å². The fourth-order valence-corrected chi connectivity index (χ4v) is 5.34. The molecule has 0 saturated carbocycles. The number of carbonyl (C=O) groups is 3. The second kappa shape index (κ2) is 12.2. The van der Waals surface area contributed by atoms with Crippen LogP contribution in [0, 0.1) is 0 Å². The Morgan fingerprint density at radius 2 is 1.81 bits per heavy atom. The van der Waals surface area contributed by atoms with Crippen molar-refractivity contribution in [3.63, 3.8) is 0 Å². The standard InChI is InChI=1S/C22H20Br3ClN6O4/c1-3-30(31(4-2)22(35)36)21(34)13-8-12(23)9-14(24)19(13)28-11-17(33)16-10-18(25)29-32(16)20-15(26)6-5-7-27-20/h5-10,28H,3-4,11H2,1-2H3,(H,35,36). The van der Waals surface area contributed by atoms with Gasteiger partial charge < -0.3 is 10.4 Å². The highest BCUT2D eigenvalue weighted by Crippen LogP contribution is 2.32. The van der Waals surface area contributed by atoms with Gasteiger partial charge in [-0.15, -0.1) is 0 Å². The summed E-state index contributed by atoms with van der Waals surface area (Å²) in [7, 11) is 0. The molecule has 14 heteroatoms. The summed E-state index contributed by atoms with van der Waals surface area (Å²) >= 11 is 16.3. The van der Waals surface area contributed by atoms with Gasteiger partial charge in [0.2, 0.25) is 0 Å². The van der Waals surface area contributed by atoms with Crippen molar-refractivity contribution in [1.29, 1.82) is 0 Å². The number of nitrogens with one attached hydrogen (secondary N) is 1. The molecule has 190 valence electrons. The van der Waals surface area contributed by atoms with E-state index in [9.17, 15) is 19.5 Å². The first kappa shape index (κ1) is 28.1. The van der Waals surface area contributed by atoms with E-state index in [1.165, 1.54) is 10.9 Å². The number of carboxylic acid groups (broad SMARTS) is 1. The summed E-state index contributed by atoms with van der Waals surface area (Å²) < 4.78 is 2.85. The van der Waals surface area contributed by atoms with Crippen LogP contribution < -0.4 is 5.32 Å². The molecule has 0 aliphatic rings. The molecule has 1 aromatic carbocycles. The van der Waals surface area contributed by atoms with Gasteiger partial charge in [-0.05, 0) is 70.0 Å². The Kier molecular flexibility index (Phi) is 9.50. The summed E-state index contributed by atoms with van der Waals surface area (Å²) in [5, 5.41) is 19.2. The first-order chi connectivity index (χ1) is 17.1. The zero-order valence-corrected chi connectivity index (χ0v) is 24.5. The van der Waals surface area contributed by atoms with Crippen molar-refractivity contribution in [2.75, 3.05) is 25.0 Å². The third kappa shape index (κ3) is 6.07. The van der Waals surface area contributed by atoms with E-state index in [0.29, 0.717) is 30.1 Å². The van der Waals surface area contributed by atoms with E-state index in [1.807, 2.05) is 0 Å². The SMILES string of the molecule is CCN(C(=O)O)N(CC)C(=O)c1cc(Br)cc(Br)c1NCC(=O)c1cc(Br)nn1-c1ncccc1Cl. The molecule has 0 unspecified atom stereocenters. The predicted octanol–water partition coefficient (Wildman–Crippen LogP) is 5.88. The van der Waals surface area contributed by atoms with Crippen LogP contribution in [0.25, 0.3) is 5.82 Å². The van der Waals surface area contributed by atoms with Crippen LogP contribution in [-0.4, -0.2) is 67.3 Å². The quantitative estimate of drug-likeness (QED) is 0.222. The molecule has 2 N–H and O–H groups in total. The fourth-order valence-electron chi connectivity index (χ4n) is 3.40. The van der Waals surface area contributed by atoms with Gasteiger partial charge in [-0.3, -0.25) is 9.59 Å². The van der Waals surface area contributed by atoms with Crippen LogP contribution in [-0.2, 0) is 0 Å². The molecule has 2 heterocycles. The number of halogens is 4. The van der Waals surface area contributed by atoms with Crippen LogP contribution >= 0.6 is 59.4 Å². The molecule has 0 fully saturated rings. The molecule has 0 aliphatic carbocycles. The summed E-state index contributed by atoms with van der Waals surface area (Å²) in [6.07, 6.45) is 0.287. The van der Waals surface area contributed by atoms with Crippen LogP contribution in [0.1, 0.15) is 34.7 Å². The lowest BCUT2D eigenvalue weighted by Gasteiger charge is -2.31. The van der Waals surface area contributed by atoms with Gasteiger partial charge in [0.25, 0.3) is 5.91 Å². The van der Waals surface area contributed by atoms with Crippen molar-refractivity contribution in [3.05, 3.63) is 66.4 Å². The molecule has 0 bridgehead atoms. The maximum atomic E-state index is 13.4. The molecule has 0 saturated heterocycles. The number of hydrogen-bond donors (Lipinski definition) is 2. The number of aromatic nitrogens is 3. The molecule has 36 heavy (non-hydrogen) atoms. The lowest BCUT2D eigenvalue weighted by molar-refractivity contribution is 0.00372. The van der Waals surface area contributed by atoms with Crippen molar-refractivity contribution in [2.24, 2.45) is 0 Å². The van der Waals surface area contributed by atoms with Crippen molar-refractivity contribution in [2.45, 2.75) is 13.8 Å². The van der Waals surface area contributed by atoms with E-state index in [2.05, 4.69) is 63.2 Å². The Labute approximate surface area is 237 Å². The number of nitrogens with zero attached hydrogens (tertiary/aromatic N) is 5. The summed E-state index contributed by atoms with van der Waals surface area (Å²) in [6, 6.07) is 8.12. The Morgan fingerprint density at radius 1 is 1.11 bits per heavy atom. The van der Waals surface area contributed by atoms with Gasteiger partial charge in [0.15, 0.2) is 11.6 Å². The molecule has 3 rings (SSSR count). The Bertz CT molecular complexity index is 1320. The van der Waals surface area contributed by atoms with Gasteiger partial charge >= 0.3 is 6.09 Å². The highest BCUT2D eigenvalue weighted by atomic mass is 79.9. The molecule has 2 aromatic heterocycles. The Hall–Kier alpha value is -2.48. The highest BCUT2D eigenvalue weighted by molar-refractivity contribution is 9.11. The molecule has 0 aliphatic heterocycles. The lowest BCUT2D eigenvalue weighted by atomic mass is 10.1. The number of hydrazine groups is 1. The first-order valence-corrected chi connectivity index (χ1v) is 13.3. The minimum Gasteiger partial charge on any atom is -0.464 e. The van der Waals surface area contributed by atoms with Gasteiger partial charge in [-0.25, -0.2) is 24.5 Å². The van der Waals surface area contributed by atoms with Gasteiger partial charge in [0.05, 0.1) is 22.8 Å². The second-order valence-electron chi connectivity index (χ2n) is 7.18. The van der Waals surface area contributed by atoms with Gasteiger partial charge in [0.1, 0.15) is 10.3 Å².